The molecule has 16 heavy (non-hydrogen) atoms. The molecule has 0 aliphatic rings. The number of carbonyl (C=O) groups excluding carboxylic acids is 1. The number of rotatable bonds is 8. The van der Waals surface area contributed by atoms with Crippen LogP contribution in [0.4, 0.5) is 0 Å². The maximum atomic E-state index is 9.98. The minimum Gasteiger partial charge on any atom is -0.494 e. The Morgan fingerprint density at radius 2 is 1.94 bits per heavy atom. The van der Waals surface area contributed by atoms with Crippen LogP contribution in [0.2, 0.25) is 0 Å². The summed E-state index contributed by atoms with van der Waals surface area (Å²) in [6.07, 6.45) is 6.64. The van der Waals surface area contributed by atoms with Crippen LogP contribution >= 0.6 is 0 Å². The fourth-order valence-electron chi connectivity index (χ4n) is 1.47. The monoisotopic (exact) mass is 219 g/mol. The van der Waals surface area contributed by atoms with Crippen LogP contribution < -0.4 is 4.74 Å². The van der Waals surface area contributed by atoms with Gasteiger partial charge in [0, 0.05) is 6.42 Å². The van der Waals surface area contributed by atoms with Crippen molar-refractivity contribution >= 4 is 6.29 Å². The van der Waals surface area contributed by atoms with Gasteiger partial charge in [-0.2, -0.15) is 0 Å². The molecule has 0 amide bonds. The minimum atomic E-state index is 0.453. The van der Waals surface area contributed by atoms with Gasteiger partial charge in [0.05, 0.1) is 6.61 Å². The number of aryl methyl sites for hydroxylation is 1. The molecule has 1 radical (unpaired) electrons. The number of hydrogen-bond acceptors (Lipinski definition) is 2. The summed E-state index contributed by atoms with van der Waals surface area (Å²) in [5.74, 6) is 0.881. The van der Waals surface area contributed by atoms with Crippen molar-refractivity contribution in [1.29, 1.82) is 0 Å². The van der Waals surface area contributed by atoms with E-state index in [4.69, 9.17) is 4.74 Å². The van der Waals surface area contributed by atoms with Gasteiger partial charge in [-0.15, -0.1) is 0 Å². The summed E-state index contributed by atoms with van der Waals surface area (Å²) >= 11 is 0. The van der Waals surface area contributed by atoms with Gasteiger partial charge < -0.3 is 4.74 Å². The molecule has 0 bridgehead atoms. The van der Waals surface area contributed by atoms with Crippen molar-refractivity contribution in [3.8, 4) is 5.75 Å². The Labute approximate surface area is 97.6 Å². The zero-order valence-electron chi connectivity index (χ0n) is 9.87. The molecule has 0 saturated heterocycles. The van der Waals surface area contributed by atoms with E-state index in [1.807, 2.05) is 18.4 Å². The Morgan fingerprint density at radius 1 is 1.19 bits per heavy atom. The molecule has 0 fully saturated rings. The molecule has 0 saturated carbocycles. The first-order valence-corrected chi connectivity index (χ1v) is 5.93. The number of benzene rings is 1. The fraction of sp³-hybridized carbons (Fsp3) is 0.500. The first-order valence-electron chi connectivity index (χ1n) is 5.93. The summed E-state index contributed by atoms with van der Waals surface area (Å²) in [5.41, 5.74) is 1.36. The van der Waals surface area contributed by atoms with Gasteiger partial charge >= 0.3 is 0 Å². The van der Waals surface area contributed by atoms with Crippen molar-refractivity contribution in [2.45, 2.75) is 39.0 Å². The van der Waals surface area contributed by atoms with Crippen molar-refractivity contribution in [3.63, 3.8) is 0 Å². The molecule has 0 N–H and O–H groups in total. The van der Waals surface area contributed by atoms with E-state index < -0.39 is 0 Å². The van der Waals surface area contributed by atoms with Crippen LogP contribution in [0.3, 0.4) is 0 Å². The van der Waals surface area contributed by atoms with Crippen LogP contribution in [0.25, 0.3) is 0 Å². The summed E-state index contributed by atoms with van der Waals surface area (Å²) in [6, 6.07) is 8.21. The molecule has 0 aliphatic heterocycles. The van der Waals surface area contributed by atoms with Crippen LogP contribution in [0.5, 0.6) is 5.75 Å². The zero-order valence-corrected chi connectivity index (χ0v) is 9.87. The Hall–Kier alpha value is -1.31. The largest absolute Gasteiger partial charge is 0.494 e. The fourth-order valence-corrected chi connectivity index (χ4v) is 1.47. The molecule has 0 aromatic heterocycles. The highest BCUT2D eigenvalue weighted by molar-refractivity contribution is 5.50. The molecular weight excluding hydrogens is 200 g/mol. The maximum absolute atomic E-state index is 9.98. The van der Waals surface area contributed by atoms with E-state index in [1.54, 1.807) is 0 Å². The third kappa shape index (κ3) is 4.96. The summed E-state index contributed by atoms with van der Waals surface area (Å²) in [4.78, 5) is 9.98. The quantitative estimate of drug-likeness (QED) is 0.627. The van der Waals surface area contributed by atoms with Crippen molar-refractivity contribution < 1.29 is 9.53 Å². The van der Waals surface area contributed by atoms with Crippen LogP contribution in [-0.4, -0.2) is 12.9 Å². The van der Waals surface area contributed by atoms with Crippen LogP contribution in [-0.2, 0) is 11.2 Å². The first-order chi connectivity index (χ1) is 7.86. The predicted octanol–water partition coefficient (Wildman–Crippen LogP) is 3.30. The second-order valence-corrected chi connectivity index (χ2v) is 3.84. The number of hydrogen-bond donors (Lipinski definition) is 0. The normalized spacial score (nSPS) is 10.1. The molecule has 1 aromatic rings. The van der Waals surface area contributed by atoms with Crippen molar-refractivity contribution in [2.75, 3.05) is 6.61 Å². The van der Waals surface area contributed by atoms with E-state index in [9.17, 15) is 4.79 Å². The van der Waals surface area contributed by atoms with Crippen molar-refractivity contribution in [3.05, 3.63) is 29.8 Å². The van der Waals surface area contributed by atoms with Gasteiger partial charge in [0.25, 0.3) is 0 Å². The SMILES string of the molecule is CCCCc1ccc(OCCC[C]=O)cc1. The average Bonchev–Trinajstić information content (AvgIpc) is 2.33. The smallest absolute Gasteiger partial charge is 0.198 e. The summed E-state index contributed by atoms with van der Waals surface area (Å²) < 4.78 is 5.49. The molecule has 0 spiro atoms. The van der Waals surface area contributed by atoms with Gasteiger partial charge in [0.15, 0.2) is 6.29 Å². The molecule has 0 heterocycles. The van der Waals surface area contributed by atoms with E-state index in [0.717, 1.165) is 18.6 Å². The molecule has 2 heteroatoms. The Morgan fingerprint density at radius 3 is 2.56 bits per heavy atom. The summed E-state index contributed by atoms with van der Waals surface area (Å²) in [7, 11) is 0. The van der Waals surface area contributed by atoms with Crippen molar-refractivity contribution in [2.24, 2.45) is 0 Å². The van der Waals surface area contributed by atoms with Crippen molar-refractivity contribution in [1.82, 2.24) is 0 Å². The van der Waals surface area contributed by atoms with Crippen LogP contribution in [0.1, 0.15) is 38.2 Å². The summed E-state index contributed by atoms with van der Waals surface area (Å²) in [5, 5.41) is 0. The second kappa shape index (κ2) is 7.91. The lowest BCUT2D eigenvalue weighted by Crippen LogP contribution is -1.97. The van der Waals surface area contributed by atoms with Gasteiger partial charge in [-0.3, -0.25) is 4.79 Å². The molecule has 1 aromatic carbocycles. The van der Waals surface area contributed by atoms with E-state index in [1.165, 1.54) is 18.4 Å². The third-order valence-electron chi connectivity index (χ3n) is 2.43. The molecular formula is C14H19O2. The highest BCUT2D eigenvalue weighted by Gasteiger charge is 1.95. The maximum Gasteiger partial charge on any atom is 0.198 e. The second-order valence-electron chi connectivity index (χ2n) is 3.84. The Balaban J connectivity index is 2.30. The first kappa shape index (κ1) is 12.8. The highest BCUT2D eigenvalue weighted by atomic mass is 16.5. The number of unbranched alkanes of at least 4 members (excludes halogenated alkanes) is 2. The van der Waals surface area contributed by atoms with Gasteiger partial charge in [-0.05, 0) is 37.0 Å². The van der Waals surface area contributed by atoms with Crippen LogP contribution in [0, 0.1) is 0 Å². The summed E-state index contributed by atoms with van der Waals surface area (Å²) in [6.45, 7) is 2.78. The zero-order chi connectivity index (χ0) is 11.6. The standard InChI is InChI=1S/C14H19O2/c1-2-3-6-13-7-9-14(10-8-13)16-12-5-4-11-15/h7-10H,2-6,12H2,1H3. The van der Waals surface area contributed by atoms with Gasteiger partial charge in [-0.1, -0.05) is 25.5 Å². The topological polar surface area (TPSA) is 26.3 Å². The number of ether oxygens (including phenoxy) is 1. The molecule has 87 valence electrons. The molecule has 0 aliphatic carbocycles. The van der Waals surface area contributed by atoms with Gasteiger partial charge in [-0.25, -0.2) is 0 Å². The van der Waals surface area contributed by atoms with Crippen LogP contribution in [0.15, 0.2) is 24.3 Å². The minimum absolute atomic E-state index is 0.453. The highest BCUT2D eigenvalue weighted by Crippen LogP contribution is 2.14. The Kier molecular flexibility index (Phi) is 6.31. The van der Waals surface area contributed by atoms with Gasteiger partial charge in [0.1, 0.15) is 5.75 Å². The lowest BCUT2D eigenvalue weighted by molar-refractivity contribution is 0.312. The van der Waals surface area contributed by atoms with E-state index in [2.05, 4.69) is 19.1 Å². The molecule has 2 nitrogen and oxygen atoms in total. The lowest BCUT2D eigenvalue weighted by atomic mass is 10.1. The van der Waals surface area contributed by atoms with Gasteiger partial charge in [0.2, 0.25) is 0 Å². The Bertz CT molecular complexity index is 290. The molecule has 1 rings (SSSR count). The lowest BCUT2D eigenvalue weighted by Gasteiger charge is -2.06. The average molecular weight is 219 g/mol. The molecule has 0 atom stereocenters. The predicted molar refractivity (Wildman–Crippen MR) is 65.5 cm³/mol. The molecule has 0 unspecified atom stereocenters. The van der Waals surface area contributed by atoms with E-state index in [0.29, 0.717) is 13.0 Å². The third-order valence-corrected chi connectivity index (χ3v) is 2.43. The van der Waals surface area contributed by atoms with E-state index in [-0.39, 0.29) is 0 Å². The van der Waals surface area contributed by atoms with E-state index >= 15 is 0 Å².